The van der Waals surface area contributed by atoms with Gasteiger partial charge in [-0.1, -0.05) is 18.2 Å². The SMILES string of the molecule is CC(C)(C)N(O)/C=C1/C=c2ccccc2=NC1=O. The number of para-hydroxylation sites is 1. The number of hydroxylamine groups is 2. The molecule has 0 radical (unpaired) electrons. The Labute approximate surface area is 106 Å². The van der Waals surface area contributed by atoms with Gasteiger partial charge in [-0.25, -0.2) is 4.99 Å². The van der Waals surface area contributed by atoms with Gasteiger partial charge in [-0.15, -0.1) is 0 Å². The zero-order chi connectivity index (χ0) is 13.3. The number of carbonyl (C=O) groups is 1. The van der Waals surface area contributed by atoms with Gasteiger partial charge in [0.15, 0.2) is 0 Å². The van der Waals surface area contributed by atoms with Crippen molar-refractivity contribution in [2.45, 2.75) is 26.3 Å². The lowest BCUT2D eigenvalue weighted by Crippen LogP contribution is -2.36. The van der Waals surface area contributed by atoms with Crippen LogP contribution >= 0.6 is 0 Å². The van der Waals surface area contributed by atoms with Crippen molar-refractivity contribution in [1.82, 2.24) is 5.06 Å². The molecule has 1 N–H and O–H groups in total. The van der Waals surface area contributed by atoms with E-state index in [1.54, 1.807) is 12.1 Å². The van der Waals surface area contributed by atoms with Crippen molar-refractivity contribution < 1.29 is 10.0 Å². The maximum absolute atomic E-state index is 11.8. The first-order valence-corrected chi connectivity index (χ1v) is 5.78. The molecule has 0 atom stereocenters. The molecule has 2 rings (SSSR count). The molecule has 0 aliphatic carbocycles. The summed E-state index contributed by atoms with van der Waals surface area (Å²) in [6, 6.07) is 7.41. The number of nitrogens with zero attached hydrogens (tertiary/aromatic N) is 2. The van der Waals surface area contributed by atoms with Crippen LogP contribution in [0.3, 0.4) is 0 Å². The fourth-order valence-electron chi connectivity index (χ4n) is 1.53. The van der Waals surface area contributed by atoms with Gasteiger partial charge in [-0.3, -0.25) is 15.1 Å². The molecule has 1 aromatic rings. The Hall–Kier alpha value is -1.94. The number of amides is 1. The van der Waals surface area contributed by atoms with Crippen LogP contribution in [0.2, 0.25) is 0 Å². The zero-order valence-electron chi connectivity index (χ0n) is 10.7. The van der Waals surface area contributed by atoms with E-state index in [4.69, 9.17) is 0 Å². The monoisotopic (exact) mass is 244 g/mol. The molecular formula is C14H16N2O2. The second-order valence-corrected chi connectivity index (χ2v) is 5.22. The molecule has 0 saturated heterocycles. The molecule has 0 aromatic heterocycles. The average molecular weight is 244 g/mol. The summed E-state index contributed by atoms with van der Waals surface area (Å²) in [5.41, 5.74) is -0.0796. The minimum atomic E-state index is -0.460. The number of carbonyl (C=O) groups excluding carboxylic acids is 1. The first-order chi connectivity index (χ1) is 8.38. The van der Waals surface area contributed by atoms with Gasteiger partial charge in [0.05, 0.1) is 16.5 Å². The smallest absolute Gasteiger partial charge is 0.279 e. The molecule has 1 heterocycles. The summed E-state index contributed by atoms with van der Waals surface area (Å²) < 4.78 is 0. The summed E-state index contributed by atoms with van der Waals surface area (Å²) in [5, 5.41) is 12.4. The van der Waals surface area contributed by atoms with Crippen LogP contribution in [0.25, 0.3) is 6.08 Å². The highest BCUT2D eigenvalue weighted by Crippen LogP contribution is 2.13. The van der Waals surface area contributed by atoms with E-state index >= 15 is 0 Å². The Morgan fingerprint density at radius 3 is 2.61 bits per heavy atom. The van der Waals surface area contributed by atoms with Crippen LogP contribution in [-0.2, 0) is 4.79 Å². The molecular weight excluding hydrogens is 228 g/mol. The summed E-state index contributed by atoms with van der Waals surface area (Å²) in [7, 11) is 0. The number of fused-ring (bicyclic) bond motifs is 1. The molecule has 0 saturated carbocycles. The van der Waals surface area contributed by atoms with Crippen molar-refractivity contribution >= 4 is 12.0 Å². The summed E-state index contributed by atoms with van der Waals surface area (Å²) in [6.45, 7) is 5.55. The summed E-state index contributed by atoms with van der Waals surface area (Å²) in [6.07, 6.45) is 3.15. The predicted molar refractivity (Wildman–Crippen MR) is 68.2 cm³/mol. The van der Waals surface area contributed by atoms with E-state index in [9.17, 15) is 10.0 Å². The first kappa shape index (κ1) is 12.5. The second-order valence-electron chi connectivity index (χ2n) is 5.22. The minimum Gasteiger partial charge on any atom is -0.288 e. The predicted octanol–water partition coefficient (Wildman–Crippen LogP) is 1.00. The van der Waals surface area contributed by atoms with Crippen molar-refractivity contribution in [1.29, 1.82) is 0 Å². The molecule has 1 aliphatic rings. The summed E-state index contributed by atoms with van der Waals surface area (Å²) in [5.74, 6) is -0.336. The number of benzene rings is 1. The minimum absolute atomic E-state index is 0.336. The highest BCUT2D eigenvalue weighted by molar-refractivity contribution is 6.02. The van der Waals surface area contributed by atoms with Crippen molar-refractivity contribution in [3.63, 3.8) is 0 Å². The van der Waals surface area contributed by atoms with E-state index in [2.05, 4.69) is 4.99 Å². The van der Waals surface area contributed by atoms with E-state index < -0.39 is 5.54 Å². The van der Waals surface area contributed by atoms with E-state index in [-0.39, 0.29) is 5.91 Å². The van der Waals surface area contributed by atoms with Gasteiger partial charge >= 0.3 is 0 Å². The third kappa shape index (κ3) is 2.49. The Kier molecular flexibility index (Phi) is 3.05. The van der Waals surface area contributed by atoms with E-state index in [1.807, 2.05) is 39.0 Å². The van der Waals surface area contributed by atoms with Crippen LogP contribution in [0, 0.1) is 0 Å². The van der Waals surface area contributed by atoms with Crippen LogP contribution in [-0.4, -0.2) is 21.7 Å². The molecule has 4 nitrogen and oxygen atoms in total. The van der Waals surface area contributed by atoms with Gasteiger partial charge < -0.3 is 0 Å². The first-order valence-electron chi connectivity index (χ1n) is 5.78. The quantitative estimate of drug-likeness (QED) is 0.592. The Bertz CT molecular complexity index is 624. The molecule has 0 unspecified atom stereocenters. The maximum atomic E-state index is 11.8. The Morgan fingerprint density at radius 2 is 1.94 bits per heavy atom. The summed E-state index contributed by atoms with van der Waals surface area (Å²) in [4.78, 5) is 15.8. The van der Waals surface area contributed by atoms with Crippen LogP contribution in [0.5, 0.6) is 0 Å². The van der Waals surface area contributed by atoms with Crippen LogP contribution in [0.1, 0.15) is 20.8 Å². The highest BCUT2D eigenvalue weighted by atomic mass is 16.5. The largest absolute Gasteiger partial charge is 0.288 e. The van der Waals surface area contributed by atoms with E-state index in [0.717, 1.165) is 10.3 Å². The van der Waals surface area contributed by atoms with Crippen molar-refractivity contribution in [2.24, 2.45) is 4.99 Å². The fourth-order valence-corrected chi connectivity index (χ4v) is 1.53. The molecule has 94 valence electrons. The molecule has 4 heteroatoms. The molecule has 0 spiro atoms. The average Bonchev–Trinajstić information content (AvgIpc) is 2.28. The van der Waals surface area contributed by atoms with Crippen molar-refractivity contribution in [2.75, 3.05) is 0 Å². The molecule has 18 heavy (non-hydrogen) atoms. The van der Waals surface area contributed by atoms with Crippen molar-refractivity contribution in [3.05, 3.63) is 46.6 Å². The van der Waals surface area contributed by atoms with Gasteiger partial charge in [0.2, 0.25) is 0 Å². The molecule has 1 aliphatic heterocycles. The van der Waals surface area contributed by atoms with E-state index in [0.29, 0.717) is 10.9 Å². The second kappa shape index (κ2) is 4.38. The van der Waals surface area contributed by atoms with Gasteiger partial charge in [-0.2, -0.15) is 0 Å². The number of rotatable bonds is 1. The standard InChI is InChI=1S/C14H16N2O2/c1-14(2,3)16(18)9-11-8-10-6-4-5-7-12(10)15-13(11)17/h4-9,18H,1-3H3/b11-9-. The van der Waals surface area contributed by atoms with Crippen LogP contribution in [0.4, 0.5) is 0 Å². The van der Waals surface area contributed by atoms with Gasteiger partial charge in [0, 0.05) is 11.4 Å². The third-order valence-electron chi connectivity index (χ3n) is 2.67. The topological polar surface area (TPSA) is 52.9 Å². The lowest BCUT2D eigenvalue weighted by Gasteiger charge is -2.28. The fraction of sp³-hybridized carbons (Fsp3) is 0.286. The normalized spacial score (nSPS) is 16.9. The Morgan fingerprint density at radius 1 is 1.28 bits per heavy atom. The molecule has 0 fully saturated rings. The van der Waals surface area contributed by atoms with Gasteiger partial charge in [-0.05, 0) is 32.9 Å². The van der Waals surface area contributed by atoms with Crippen LogP contribution in [0.15, 0.2) is 41.0 Å². The van der Waals surface area contributed by atoms with E-state index in [1.165, 1.54) is 6.20 Å². The van der Waals surface area contributed by atoms with Gasteiger partial charge in [0.25, 0.3) is 5.91 Å². The summed E-state index contributed by atoms with van der Waals surface area (Å²) >= 11 is 0. The zero-order valence-corrected chi connectivity index (χ0v) is 10.7. The highest BCUT2D eigenvalue weighted by Gasteiger charge is 2.19. The number of hydrogen-bond acceptors (Lipinski definition) is 3. The maximum Gasteiger partial charge on any atom is 0.279 e. The van der Waals surface area contributed by atoms with Crippen LogP contribution < -0.4 is 10.6 Å². The lowest BCUT2D eigenvalue weighted by atomic mass is 10.1. The molecule has 1 amide bonds. The van der Waals surface area contributed by atoms with Gasteiger partial charge in [0.1, 0.15) is 0 Å². The third-order valence-corrected chi connectivity index (χ3v) is 2.67. The number of hydrogen-bond donors (Lipinski definition) is 1. The Balaban J connectivity index is 2.47. The molecule has 0 bridgehead atoms. The van der Waals surface area contributed by atoms with Crippen molar-refractivity contribution in [3.8, 4) is 0 Å². The molecule has 1 aromatic carbocycles. The lowest BCUT2D eigenvalue weighted by molar-refractivity contribution is -0.118.